The number of nitrogens with zero attached hydrogens (tertiary/aromatic N) is 1. The van der Waals surface area contributed by atoms with Crippen LogP contribution in [0, 0.1) is 0 Å². The van der Waals surface area contributed by atoms with E-state index >= 15 is 0 Å². The van der Waals surface area contributed by atoms with Gasteiger partial charge in [0.25, 0.3) is 5.91 Å². The van der Waals surface area contributed by atoms with Crippen LogP contribution in [0.15, 0.2) is 28.7 Å². The molecule has 0 atom stereocenters. The van der Waals surface area contributed by atoms with Crippen LogP contribution in [-0.2, 0) is 6.42 Å². The Kier molecular flexibility index (Phi) is 5.96. The monoisotopic (exact) mass is 340 g/mol. The Morgan fingerprint density at radius 1 is 1.38 bits per heavy atom. The summed E-state index contributed by atoms with van der Waals surface area (Å²) in [5.41, 5.74) is 4.18. The largest absolute Gasteiger partial charge is 0.272 e. The van der Waals surface area contributed by atoms with Gasteiger partial charge in [-0.05, 0) is 31.0 Å². The summed E-state index contributed by atoms with van der Waals surface area (Å²) in [6, 6.07) is 5.70. The molecule has 2 heterocycles. The van der Waals surface area contributed by atoms with Crippen molar-refractivity contribution in [3.8, 4) is 0 Å². The molecule has 2 rings (SSSR count). The van der Waals surface area contributed by atoms with Crippen molar-refractivity contribution in [1.82, 2.24) is 5.43 Å². The number of halogens is 1. The molecule has 2 aromatic rings. The molecule has 112 valence electrons. The first-order valence-electron chi connectivity index (χ1n) is 6.84. The quantitative estimate of drug-likeness (QED) is 0.586. The van der Waals surface area contributed by atoms with E-state index in [1.54, 1.807) is 11.3 Å². The molecule has 0 fully saturated rings. The SMILES string of the molecule is CCCC(=NNC(=O)c1csc(CC)c1)c1ccc(Cl)s1. The number of rotatable bonds is 6. The lowest BCUT2D eigenvalue weighted by Gasteiger charge is -2.03. The normalized spacial score (nSPS) is 11.7. The molecule has 0 bridgehead atoms. The predicted octanol–water partition coefficient (Wildman–Crippen LogP) is 4.96. The van der Waals surface area contributed by atoms with Gasteiger partial charge in [-0.3, -0.25) is 4.79 Å². The fraction of sp³-hybridized carbons (Fsp3) is 0.333. The Labute approximate surface area is 137 Å². The first-order chi connectivity index (χ1) is 10.1. The van der Waals surface area contributed by atoms with E-state index in [9.17, 15) is 4.79 Å². The van der Waals surface area contributed by atoms with Crippen LogP contribution in [-0.4, -0.2) is 11.6 Å². The van der Waals surface area contributed by atoms with Crippen molar-refractivity contribution < 1.29 is 4.79 Å². The maximum atomic E-state index is 12.1. The third-order valence-electron chi connectivity index (χ3n) is 2.90. The molecule has 1 N–H and O–H groups in total. The average Bonchev–Trinajstić information content (AvgIpc) is 3.11. The molecule has 0 radical (unpaired) electrons. The standard InChI is InChI=1S/C15H17ClN2OS2/c1-3-5-12(13-6-7-14(16)21-13)17-18-15(19)10-8-11(4-2)20-9-10/h6-9H,3-5H2,1-2H3,(H,18,19). The number of hydrogen-bond acceptors (Lipinski definition) is 4. The molecule has 0 spiro atoms. The second-order valence-electron chi connectivity index (χ2n) is 4.51. The molecule has 2 aromatic heterocycles. The van der Waals surface area contributed by atoms with Crippen molar-refractivity contribution in [3.05, 3.63) is 43.2 Å². The van der Waals surface area contributed by atoms with Crippen LogP contribution in [0.3, 0.4) is 0 Å². The van der Waals surface area contributed by atoms with E-state index in [1.165, 1.54) is 16.2 Å². The lowest BCUT2D eigenvalue weighted by molar-refractivity contribution is 0.0955. The van der Waals surface area contributed by atoms with Gasteiger partial charge in [-0.15, -0.1) is 22.7 Å². The van der Waals surface area contributed by atoms with E-state index in [-0.39, 0.29) is 5.91 Å². The second kappa shape index (κ2) is 7.73. The second-order valence-corrected chi connectivity index (χ2v) is 7.22. The van der Waals surface area contributed by atoms with Crippen LogP contribution in [0.1, 0.15) is 46.8 Å². The van der Waals surface area contributed by atoms with Crippen LogP contribution in [0.25, 0.3) is 0 Å². The zero-order valence-electron chi connectivity index (χ0n) is 12.0. The molecule has 0 aliphatic carbocycles. The number of thiophene rings is 2. The van der Waals surface area contributed by atoms with Crippen LogP contribution >= 0.6 is 34.3 Å². The van der Waals surface area contributed by atoms with E-state index in [1.807, 2.05) is 23.6 Å². The van der Waals surface area contributed by atoms with E-state index in [2.05, 4.69) is 24.4 Å². The van der Waals surface area contributed by atoms with E-state index in [0.717, 1.165) is 34.2 Å². The molecule has 3 nitrogen and oxygen atoms in total. The molecule has 21 heavy (non-hydrogen) atoms. The van der Waals surface area contributed by atoms with Crippen LogP contribution in [0.4, 0.5) is 0 Å². The molecule has 1 amide bonds. The van der Waals surface area contributed by atoms with Gasteiger partial charge in [-0.1, -0.05) is 31.9 Å². The number of hydrogen-bond donors (Lipinski definition) is 1. The average molecular weight is 341 g/mol. The minimum atomic E-state index is -0.165. The molecule has 0 aliphatic rings. The molecule has 0 unspecified atom stereocenters. The van der Waals surface area contributed by atoms with Crippen molar-refractivity contribution in [2.45, 2.75) is 33.1 Å². The Morgan fingerprint density at radius 2 is 2.19 bits per heavy atom. The van der Waals surface area contributed by atoms with Crippen molar-refractivity contribution >= 4 is 45.9 Å². The van der Waals surface area contributed by atoms with Gasteiger partial charge in [0, 0.05) is 10.3 Å². The Bertz CT molecular complexity index is 646. The van der Waals surface area contributed by atoms with Crippen molar-refractivity contribution in [1.29, 1.82) is 0 Å². The zero-order valence-corrected chi connectivity index (χ0v) is 14.4. The van der Waals surface area contributed by atoms with Crippen molar-refractivity contribution in [3.63, 3.8) is 0 Å². The van der Waals surface area contributed by atoms with Gasteiger partial charge < -0.3 is 0 Å². The van der Waals surface area contributed by atoms with Crippen LogP contribution < -0.4 is 5.43 Å². The molecule has 0 saturated heterocycles. The number of amides is 1. The summed E-state index contributed by atoms with van der Waals surface area (Å²) in [6.07, 6.45) is 2.71. The zero-order chi connectivity index (χ0) is 15.2. The number of carbonyl (C=O) groups is 1. The van der Waals surface area contributed by atoms with E-state index < -0.39 is 0 Å². The molecule has 0 saturated carbocycles. The third kappa shape index (κ3) is 4.40. The van der Waals surface area contributed by atoms with E-state index in [4.69, 9.17) is 11.6 Å². The van der Waals surface area contributed by atoms with Gasteiger partial charge in [-0.2, -0.15) is 5.10 Å². The van der Waals surface area contributed by atoms with Gasteiger partial charge in [0.15, 0.2) is 0 Å². The highest BCUT2D eigenvalue weighted by atomic mass is 35.5. The van der Waals surface area contributed by atoms with Crippen molar-refractivity contribution in [2.75, 3.05) is 0 Å². The van der Waals surface area contributed by atoms with Gasteiger partial charge in [0.05, 0.1) is 20.5 Å². The Balaban J connectivity index is 2.10. The maximum Gasteiger partial charge on any atom is 0.272 e. The molecular weight excluding hydrogens is 324 g/mol. The summed E-state index contributed by atoms with van der Waals surface area (Å²) >= 11 is 9.03. The third-order valence-corrected chi connectivity index (χ3v) is 5.26. The Morgan fingerprint density at radius 3 is 2.76 bits per heavy atom. The lowest BCUT2D eigenvalue weighted by atomic mass is 10.2. The lowest BCUT2D eigenvalue weighted by Crippen LogP contribution is -2.19. The molecule has 0 aromatic carbocycles. The first kappa shape index (κ1) is 16.2. The highest BCUT2D eigenvalue weighted by molar-refractivity contribution is 7.18. The highest BCUT2D eigenvalue weighted by Crippen LogP contribution is 2.23. The molecule has 6 heteroatoms. The van der Waals surface area contributed by atoms with Crippen LogP contribution in [0.2, 0.25) is 4.34 Å². The topological polar surface area (TPSA) is 41.5 Å². The minimum absolute atomic E-state index is 0.165. The van der Waals surface area contributed by atoms with Gasteiger partial charge >= 0.3 is 0 Å². The number of hydrazone groups is 1. The van der Waals surface area contributed by atoms with E-state index in [0.29, 0.717) is 5.56 Å². The number of nitrogens with one attached hydrogen (secondary N) is 1. The highest BCUT2D eigenvalue weighted by Gasteiger charge is 2.10. The fourth-order valence-electron chi connectivity index (χ4n) is 1.81. The summed E-state index contributed by atoms with van der Waals surface area (Å²) in [5, 5.41) is 6.15. The van der Waals surface area contributed by atoms with Gasteiger partial charge in [-0.25, -0.2) is 5.43 Å². The van der Waals surface area contributed by atoms with Gasteiger partial charge in [0.1, 0.15) is 0 Å². The molecule has 0 aliphatic heterocycles. The van der Waals surface area contributed by atoms with Gasteiger partial charge in [0.2, 0.25) is 0 Å². The summed E-state index contributed by atoms with van der Waals surface area (Å²) in [7, 11) is 0. The summed E-state index contributed by atoms with van der Waals surface area (Å²) in [6.45, 7) is 4.16. The van der Waals surface area contributed by atoms with Crippen LogP contribution in [0.5, 0.6) is 0 Å². The fourth-order valence-corrected chi connectivity index (χ4v) is 3.68. The summed E-state index contributed by atoms with van der Waals surface area (Å²) in [4.78, 5) is 14.3. The Hall–Kier alpha value is -1.17. The number of aryl methyl sites for hydroxylation is 1. The minimum Gasteiger partial charge on any atom is -0.267 e. The maximum absolute atomic E-state index is 12.1. The summed E-state index contributed by atoms with van der Waals surface area (Å²) in [5.74, 6) is -0.165. The van der Waals surface area contributed by atoms with Crippen molar-refractivity contribution in [2.24, 2.45) is 5.10 Å². The molecular formula is C15H17ClN2OS2. The summed E-state index contributed by atoms with van der Waals surface area (Å²) < 4.78 is 0.727. The predicted molar refractivity (Wildman–Crippen MR) is 91.9 cm³/mol. The first-order valence-corrected chi connectivity index (χ1v) is 8.91. The number of carbonyl (C=O) groups excluding carboxylic acids is 1. The smallest absolute Gasteiger partial charge is 0.267 e.